The molecule has 0 saturated carbocycles. The molecule has 2 nitrogen and oxygen atoms in total. The Morgan fingerprint density at radius 2 is 1.38 bits per heavy atom. The number of rotatable bonds is 3. The molecule has 0 aliphatic rings. The Morgan fingerprint density at radius 1 is 0.833 bits per heavy atom. The maximum atomic E-state index is 13.1. The number of hydrogen-bond acceptors (Lipinski definition) is 1. The normalized spacial score (nSPS) is 13.4. The van der Waals surface area contributed by atoms with Crippen LogP contribution in [0.25, 0.3) is 0 Å². The molecule has 2 rings (SSSR count). The third-order valence-electron chi connectivity index (χ3n) is 3.21. The summed E-state index contributed by atoms with van der Waals surface area (Å²) in [6, 6.07) is 7.38. The molecule has 0 saturated heterocycles. The summed E-state index contributed by atoms with van der Waals surface area (Å²) in [4.78, 5) is 11.9. The summed E-state index contributed by atoms with van der Waals surface area (Å²) < 4.78 is 76.8. The zero-order chi connectivity index (χ0) is 18.0. The number of alkyl halides is 6. The SMILES string of the molecule is O=C(NC(c1ccccc1)C(F)(F)F)c1ccc(C(F)(F)F)cc1. The van der Waals surface area contributed by atoms with Crippen molar-refractivity contribution in [1.29, 1.82) is 0 Å². The van der Waals surface area contributed by atoms with E-state index in [2.05, 4.69) is 0 Å². The third kappa shape index (κ3) is 4.27. The Kier molecular flexibility index (Phi) is 4.86. The fraction of sp³-hybridized carbons (Fsp3) is 0.188. The number of benzene rings is 2. The lowest BCUT2D eigenvalue weighted by Crippen LogP contribution is -2.38. The van der Waals surface area contributed by atoms with E-state index in [-0.39, 0.29) is 11.1 Å². The van der Waals surface area contributed by atoms with E-state index in [1.54, 1.807) is 5.32 Å². The van der Waals surface area contributed by atoms with Gasteiger partial charge in [0.15, 0.2) is 6.04 Å². The zero-order valence-corrected chi connectivity index (χ0v) is 11.9. The van der Waals surface area contributed by atoms with Crippen LogP contribution in [0.3, 0.4) is 0 Å². The summed E-state index contributed by atoms with van der Waals surface area (Å²) in [6.07, 6.45) is -9.34. The molecule has 24 heavy (non-hydrogen) atoms. The van der Waals surface area contributed by atoms with Gasteiger partial charge in [0, 0.05) is 5.56 Å². The Bertz CT molecular complexity index is 691. The molecule has 1 amide bonds. The summed E-state index contributed by atoms with van der Waals surface area (Å²) in [7, 11) is 0. The molecule has 128 valence electrons. The van der Waals surface area contributed by atoms with Crippen LogP contribution >= 0.6 is 0 Å². The summed E-state index contributed by atoms with van der Waals surface area (Å²) in [5, 5.41) is 1.80. The van der Waals surface area contributed by atoms with Crippen molar-refractivity contribution in [2.45, 2.75) is 18.4 Å². The second kappa shape index (κ2) is 6.54. The van der Waals surface area contributed by atoms with E-state index in [1.807, 2.05) is 0 Å². The Morgan fingerprint density at radius 3 is 1.83 bits per heavy atom. The van der Waals surface area contributed by atoms with Crippen LogP contribution in [0.2, 0.25) is 0 Å². The lowest BCUT2D eigenvalue weighted by molar-refractivity contribution is -0.155. The molecule has 2 aromatic carbocycles. The van der Waals surface area contributed by atoms with Crippen LogP contribution in [0, 0.1) is 0 Å². The lowest BCUT2D eigenvalue weighted by atomic mass is 10.1. The van der Waals surface area contributed by atoms with Crippen molar-refractivity contribution in [1.82, 2.24) is 5.32 Å². The van der Waals surface area contributed by atoms with E-state index < -0.39 is 29.9 Å². The molecule has 0 spiro atoms. The van der Waals surface area contributed by atoms with Crippen LogP contribution in [0.1, 0.15) is 27.5 Å². The van der Waals surface area contributed by atoms with Crippen molar-refractivity contribution in [3.05, 3.63) is 71.3 Å². The fourth-order valence-electron chi connectivity index (χ4n) is 2.02. The molecule has 0 aliphatic carbocycles. The van der Waals surface area contributed by atoms with Gasteiger partial charge in [0.2, 0.25) is 0 Å². The van der Waals surface area contributed by atoms with Gasteiger partial charge in [0.05, 0.1) is 5.56 Å². The van der Waals surface area contributed by atoms with Gasteiger partial charge in [-0.2, -0.15) is 26.3 Å². The number of hydrogen-bond donors (Lipinski definition) is 1. The summed E-state index contributed by atoms with van der Waals surface area (Å²) in [6.45, 7) is 0. The first-order valence-corrected chi connectivity index (χ1v) is 6.69. The molecular formula is C16H11F6NO. The Labute approximate surface area is 133 Å². The molecule has 8 heteroatoms. The molecule has 0 aromatic heterocycles. The average molecular weight is 347 g/mol. The molecule has 0 radical (unpaired) electrons. The predicted molar refractivity (Wildman–Crippen MR) is 74.1 cm³/mol. The smallest absolute Gasteiger partial charge is 0.337 e. The number of halogens is 6. The van der Waals surface area contributed by atoms with Crippen LogP contribution in [0.15, 0.2) is 54.6 Å². The molecule has 2 aromatic rings. The quantitative estimate of drug-likeness (QED) is 0.799. The van der Waals surface area contributed by atoms with Crippen LogP contribution in [0.5, 0.6) is 0 Å². The Hall–Kier alpha value is -2.51. The number of amides is 1. The summed E-state index contributed by atoms with van der Waals surface area (Å²) in [5.41, 5.74) is -1.46. The van der Waals surface area contributed by atoms with Gasteiger partial charge in [-0.3, -0.25) is 4.79 Å². The van der Waals surface area contributed by atoms with E-state index >= 15 is 0 Å². The summed E-state index contributed by atoms with van der Waals surface area (Å²) >= 11 is 0. The summed E-state index contributed by atoms with van der Waals surface area (Å²) in [5.74, 6) is -1.12. The molecular weight excluding hydrogens is 336 g/mol. The molecule has 1 unspecified atom stereocenters. The van der Waals surface area contributed by atoms with Gasteiger partial charge >= 0.3 is 12.4 Å². The largest absolute Gasteiger partial charge is 0.416 e. The first kappa shape index (κ1) is 17.8. The van der Waals surface area contributed by atoms with Crippen molar-refractivity contribution in [2.24, 2.45) is 0 Å². The first-order chi connectivity index (χ1) is 11.1. The minimum absolute atomic E-state index is 0.176. The van der Waals surface area contributed by atoms with Crippen LogP contribution in [0.4, 0.5) is 26.3 Å². The molecule has 0 fully saturated rings. The number of nitrogens with one attached hydrogen (secondary N) is 1. The maximum Gasteiger partial charge on any atom is 0.416 e. The molecule has 1 N–H and O–H groups in total. The van der Waals surface area contributed by atoms with Gasteiger partial charge in [0.25, 0.3) is 5.91 Å². The molecule has 0 bridgehead atoms. The minimum atomic E-state index is -4.75. The molecule has 0 heterocycles. The van der Waals surface area contributed by atoms with Crippen LogP contribution in [-0.4, -0.2) is 12.1 Å². The monoisotopic (exact) mass is 347 g/mol. The maximum absolute atomic E-state index is 13.1. The third-order valence-corrected chi connectivity index (χ3v) is 3.21. The van der Waals surface area contributed by atoms with Crippen molar-refractivity contribution in [2.75, 3.05) is 0 Å². The van der Waals surface area contributed by atoms with Gasteiger partial charge in [-0.25, -0.2) is 0 Å². The van der Waals surface area contributed by atoms with Crippen molar-refractivity contribution in [3.63, 3.8) is 0 Å². The Balaban J connectivity index is 2.22. The van der Waals surface area contributed by atoms with Crippen molar-refractivity contribution >= 4 is 5.91 Å². The van der Waals surface area contributed by atoms with E-state index in [9.17, 15) is 31.1 Å². The van der Waals surface area contributed by atoms with E-state index in [4.69, 9.17) is 0 Å². The van der Waals surface area contributed by atoms with E-state index in [1.165, 1.54) is 30.3 Å². The van der Waals surface area contributed by atoms with Gasteiger partial charge in [0.1, 0.15) is 0 Å². The van der Waals surface area contributed by atoms with Crippen molar-refractivity contribution < 1.29 is 31.1 Å². The average Bonchev–Trinajstić information content (AvgIpc) is 2.51. The van der Waals surface area contributed by atoms with Gasteiger partial charge in [-0.05, 0) is 29.8 Å². The topological polar surface area (TPSA) is 29.1 Å². The van der Waals surface area contributed by atoms with Crippen LogP contribution < -0.4 is 5.32 Å². The number of carbonyl (C=O) groups is 1. The highest BCUT2D eigenvalue weighted by Crippen LogP contribution is 2.33. The zero-order valence-electron chi connectivity index (χ0n) is 11.9. The van der Waals surface area contributed by atoms with Crippen molar-refractivity contribution in [3.8, 4) is 0 Å². The highest BCUT2D eigenvalue weighted by atomic mass is 19.4. The first-order valence-electron chi connectivity index (χ1n) is 6.69. The van der Waals surface area contributed by atoms with Crippen LogP contribution in [-0.2, 0) is 6.18 Å². The van der Waals surface area contributed by atoms with Gasteiger partial charge in [-0.1, -0.05) is 30.3 Å². The van der Waals surface area contributed by atoms with E-state index in [0.29, 0.717) is 12.1 Å². The molecule has 1 atom stereocenters. The minimum Gasteiger partial charge on any atom is -0.337 e. The predicted octanol–water partition coefficient (Wildman–Crippen LogP) is 4.74. The highest BCUT2D eigenvalue weighted by Gasteiger charge is 2.42. The van der Waals surface area contributed by atoms with E-state index in [0.717, 1.165) is 12.1 Å². The van der Waals surface area contributed by atoms with Gasteiger partial charge < -0.3 is 5.32 Å². The fourth-order valence-corrected chi connectivity index (χ4v) is 2.02. The van der Waals surface area contributed by atoms with Gasteiger partial charge in [-0.15, -0.1) is 0 Å². The second-order valence-electron chi connectivity index (χ2n) is 4.93. The lowest BCUT2D eigenvalue weighted by Gasteiger charge is -2.22. The standard InChI is InChI=1S/C16H11F6NO/c17-15(18,19)12-8-6-11(7-9-12)14(24)23-13(16(20,21)22)10-4-2-1-3-5-10/h1-9,13H,(H,23,24). The highest BCUT2D eigenvalue weighted by molar-refractivity contribution is 5.94. The number of carbonyl (C=O) groups excluding carboxylic acids is 1. The second-order valence-corrected chi connectivity index (χ2v) is 4.93. The molecule has 0 aliphatic heterocycles.